The molecule has 2 rings (SSSR count). The van der Waals surface area contributed by atoms with Gasteiger partial charge in [0.2, 0.25) is 0 Å². The molecule has 94 valence electrons. The van der Waals surface area contributed by atoms with E-state index in [-0.39, 0.29) is 10.6 Å². The van der Waals surface area contributed by atoms with Crippen molar-refractivity contribution in [3.8, 4) is 0 Å². The fourth-order valence-corrected chi connectivity index (χ4v) is 1.74. The van der Waals surface area contributed by atoms with Crippen LogP contribution in [-0.4, -0.2) is 14.7 Å². The van der Waals surface area contributed by atoms with Gasteiger partial charge in [-0.05, 0) is 25.1 Å². The van der Waals surface area contributed by atoms with E-state index in [9.17, 15) is 10.1 Å². The normalized spacial score (nSPS) is 10.3. The lowest BCUT2D eigenvalue weighted by Crippen LogP contribution is -2.05. The van der Waals surface area contributed by atoms with Gasteiger partial charge in [0, 0.05) is 30.6 Å². The highest BCUT2D eigenvalue weighted by Crippen LogP contribution is 2.21. The van der Waals surface area contributed by atoms with Gasteiger partial charge in [0.15, 0.2) is 0 Å². The van der Waals surface area contributed by atoms with Crippen LogP contribution in [0.3, 0.4) is 0 Å². The first kappa shape index (κ1) is 12.1. The van der Waals surface area contributed by atoms with Gasteiger partial charge < -0.3 is 5.32 Å². The van der Waals surface area contributed by atoms with Crippen molar-refractivity contribution < 1.29 is 4.92 Å². The third kappa shape index (κ3) is 2.48. The number of anilines is 1. The molecule has 0 amide bonds. The quantitative estimate of drug-likeness (QED) is 0.663. The fraction of sp³-hybridized carbons (Fsp3) is 0.250. The molecule has 0 aliphatic rings. The molecule has 0 atom stereocenters. The second-order valence-corrected chi connectivity index (χ2v) is 4.06. The van der Waals surface area contributed by atoms with E-state index < -0.39 is 0 Å². The van der Waals surface area contributed by atoms with Gasteiger partial charge in [-0.25, -0.2) is 0 Å². The molecule has 0 bridgehead atoms. The number of rotatable bonds is 4. The first-order valence-corrected chi connectivity index (χ1v) is 5.53. The number of nitro benzene ring substituents is 1. The van der Waals surface area contributed by atoms with Crippen molar-refractivity contribution in [2.45, 2.75) is 13.5 Å². The van der Waals surface area contributed by atoms with Crippen molar-refractivity contribution in [3.05, 3.63) is 51.8 Å². The molecule has 2 aromatic rings. The van der Waals surface area contributed by atoms with Crippen LogP contribution in [0.25, 0.3) is 0 Å². The molecule has 0 unspecified atom stereocenters. The zero-order valence-electron chi connectivity index (χ0n) is 10.3. The molecule has 1 heterocycles. The van der Waals surface area contributed by atoms with E-state index in [0.717, 1.165) is 11.4 Å². The Morgan fingerprint density at radius 3 is 2.78 bits per heavy atom. The second-order valence-electron chi connectivity index (χ2n) is 4.06. The first-order chi connectivity index (χ1) is 8.58. The number of aryl methyl sites for hydroxylation is 2. The number of hydrogen-bond donors (Lipinski definition) is 1. The number of aromatic nitrogens is 2. The van der Waals surface area contributed by atoms with Crippen LogP contribution in [0, 0.1) is 17.0 Å². The minimum atomic E-state index is -0.375. The second kappa shape index (κ2) is 4.87. The zero-order valence-corrected chi connectivity index (χ0v) is 10.3. The molecule has 18 heavy (non-hydrogen) atoms. The third-order valence-electron chi connectivity index (χ3n) is 2.79. The van der Waals surface area contributed by atoms with Crippen LogP contribution in [-0.2, 0) is 13.6 Å². The molecule has 0 saturated heterocycles. The Bertz CT molecular complexity index is 577. The number of hydrogen-bond acceptors (Lipinski definition) is 4. The summed E-state index contributed by atoms with van der Waals surface area (Å²) in [6.45, 7) is 2.36. The van der Waals surface area contributed by atoms with Crippen LogP contribution < -0.4 is 5.32 Å². The summed E-state index contributed by atoms with van der Waals surface area (Å²) in [5.41, 5.74) is 2.70. The number of nitrogens with zero attached hydrogens (tertiary/aromatic N) is 3. The highest BCUT2D eigenvalue weighted by Gasteiger charge is 2.10. The van der Waals surface area contributed by atoms with E-state index in [0.29, 0.717) is 12.1 Å². The molecular weight excluding hydrogens is 232 g/mol. The highest BCUT2D eigenvalue weighted by molar-refractivity contribution is 5.53. The molecule has 6 nitrogen and oxygen atoms in total. The molecule has 1 aromatic heterocycles. The van der Waals surface area contributed by atoms with Crippen molar-refractivity contribution >= 4 is 11.4 Å². The van der Waals surface area contributed by atoms with E-state index >= 15 is 0 Å². The van der Waals surface area contributed by atoms with Crippen LogP contribution in [0.1, 0.15) is 11.3 Å². The molecular formula is C12H14N4O2. The topological polar surface area (TPSA) is 73.0 Å². The Morgan fingerprint density at radius 2 is 2.22 bits per heavy atom. The Labute approximate surface area is 104 Å². The number of nitrogens with one attached hydrogen (secondary N) is 1. The van der Waals surface area contributed by atoms with E-state index in [1.807, 2.05) is 13.1 Å². The average molecular weight is 246 g/mol. The summed E-state index contributed by atoms with van der Waals surface area (Å²) < 4.78 is 1.78. The predicted octanol–water partition coefficient (Wildman–Crippen LogP) is 2.25. The molecule has 0 radical (unpaired) electrons. The van der Waals surface area contributed by atoms with E-state index in [4.69, 9.17) is 0 Å². The Balaban J connectivity index is 2.09. The van der Waals surface area contributed by atoms with Crippen molar-refractivity contribution in [1.82, 2.24) is 9.78 Å². The summed E-state index contributed by atoms with van der Waals surface area (Å²) in [4.78, 5) is 10.3. The molecule has 6 heteroatoms. The maximum atomic E-state index is 10.7. The number of nitro groups is 1. The molecule has 0 aliphatic heterocycles. The summed E-state index contributed by atoms with van der Waals surface area (Å²) in [7, 11) is 1.87. The largest absolute Gasteiger partial charge is 0.379 e. The van der Waals surface area contributed by atoms with Gasteiger partial charge in [0.1, 0.15) is 0 Å². The Hall–Kier alpha value is -2.37. The first-order valence-electron chi connectivity index (χ1n) is 5.53. The maximum absolute atomic E-state index is 10.7. The molecule has 1 N–H and O–H groups in total. The fourth-order valence-electron chi connectivity index (χ4n) is 1.74. The Morgan fingerprint density at radius 1 is 1.44 bits per heavy atom. The van der Waals surface area contributed by atoms with Gasteiger partial charge in [-0.1, -0.05) is 0 Å². The molecule has 1 aromatic carbocycles. The third-order valence-corrected chi connectivity index (χ3v) is 2.79. The van der Waals surface area contributed by atoms with Gasteiger partial charge in [0.05, 0.1) is 17.2 Å². The number of benzene rings is 1. The van der Waals surface area contributed by atoms with Crippen LogP contribution in [0.4, 0.5) is 11.4 Å². The van der Waals surface area contributed by atoms with E-state index in [1.54, 1.807) is 29.9 Å². The Kier molecular flexibility index (Phi) is 3.27. The van der Waals surface area contributed by atoms with Crippen molar-refractivity contribution in [2.24, 2.45) is 7.05 Å². The molecule has 0 aliphatic carbocycles. The van der Waals surface area contributed by atoms with Gasteiger partial charge in [0.25, 0.3) is 5.69 Å². The van der Waals surface area contributed by atoms with Gasteiger partial charge in [-0.15, -0.1) is 0 Å². The average Bonchev–Trinajstić information content (AvgIpc) is 2.72. The highest BCUT2D eigenvalue weighted by atomic mass is 16.6. The zero-order chi connectivity index (χ0) is 13.1. The minimum absolute atomic E-state index is 0.140. The van der Waals surface area contributed by atoms with E-state index in [2.05, 4.69) is 10.4 Å². The van der Waals surface area contributed by atoms with Crippen LogP contribution in [0.2, 0.25) is 0 Å². The standard InChI is InChI=1S/C12H14N4O2/c1-9-7-10(3-4-12(9)16(17)18)13-8-11-5-6-14-15(11)2/h3-7,13H,8H2,1-2H3. The van der Waals surface area contributed by atoms with Crippen LogP contribution in [0.15, 0.2) is 30.5 Å². The van der Waals surface area contributed by atoms with Crippen molar-refractivity contribution in [1.29, 1.82) is 0 Å². The monoisotopic (exact) mass is 246 g/mol. The van der Waals surface area contributed by atoms with Gasteiger partial charge in [-0.3, -0.25) is 14.8 Å². The summed E-state index contributed by atoms with van der Waals surface area (Å²) in [5.74, 6) is 0. The lowest BCUT2D eigenvalue weighted by Gasteiger charge is -2.07. The summed E-state index contributed by atoms with van der Waals surface area (Å²) >= 11 is 0. The van der Waals surface area contributed by atoms with Gasteiger partial charge in [-0.2, -0.15) is 5.10 Å². The van der Waals surface area contributed by atoms with Gasteiger partial charge >= 0.3 is 0 Å². The smallest absolute Gasteiger partial charge is 0.272 e. The van der Waals surface area contributed by atoms with Crippen molar-refractivity contribution in [3.63, 3.8) is 0 Å². The predicted molar refractivity (Wildman–Crippen MR) is 68.4 cm³/mol. The maximum Gasteiger partial charge on any atom is 0.272 e. The molecule has 0 spiro atoms. The van der Waals surface area contributed by atoms with E-state index in [1.165, 1.54) is 6.07 Å². The summed E-state index contributed by atoms with van der Waals surface area (Å²) in [6, 6.07) is 6.92. The summed E-state index contributed by atoms with van der Waals surface area (Å²) in [6.07, 6.45) is 1.73. The van der Waals surface area contributed by atoms with Crippen LogP contribution in [0.5, 0.6) is 0 Å². The lowest BCUT2D eigenvalue weighted by atomic mass is 10.2. The van der Waals surface area contributed by atoms with Crippen LogP contribution >= 0.6 is 0 Å². The molecule has 0 saturated carbocycles. The summed E-state index contributed by atoms with van der Waals surface area (Å²) in [5, 5.41) is 18.0. The van der Waals surface area contributed by atoms with Crippen molar-refractivity contribution in [2.75, 3.05) is 5.32 Å². The minimum Gasteiger partial charge on any atom is -0.379 e. The lowest BCUT2D eigenvalue weighted by molar-refractivity contribution is -0.385. The molecule has 0 fully saturated rings. The SMILES string of the molecule is Cc1cc(NCc2ccnn2C)ccc1[N+](=O)[O-].